The van der Waals surface area contributed by atoms with Crippen LogP contribution in [-0.2, 0) is 22.5 Å². The fourth-order valence-electron chi connectivity index (χ4n) is 4.31. The van der Waals surface area contributed by atoms with Crippen molar-refractivity contribution in [1.82, 2.24) is 4.98 Å². The lowest BCUT2D eigenvalue weighted by Gasteiger charge is -2.26. The number of hydrogen-bond acceptors (Lipinski definition) is 4. The van der Waals surface area contributed by atoms with Gasteiger partial charge in [0.05, 0.1) is 22.5 Å². The minimum absolute atomic E-state index is 0.0438. The molecule has 9 heteroatoms. The van der Waals surface area contributed by atoms with Crippen molar-refractivity contribution in [2.45, 2.75) is 37.1 Å². The van der Waals surface area contributed by atoms with Gasteiger partial charge in [-0.3, -0.25) is 0 Å². The number of halogens is 2. The Hall–Kier alpha value is -3.85. The van der Waals surface area contributed by atoms with Gasteiger partial charge in [-0.05, 0) is 67.3 Å². The SMILES string of the molecule is Cc1cc2ccccc2nc1N(Cc1ccc(C(F)(F)C2CC2)cc1)S(=O)(=O)c1ccc(C(=O)O)cc1. The quantitative estimate of drug-likeness (QED) is 0.300. The van der Waals surface area contributed by atoms with E-state index in [1.807, 2.05) is 18.2 Å². The van der Waals surface area contributed by atoms with E-state index in [9.17, 15) is 27.1 Å². The summed E-state index contributed by atoms with van der Waals surface area (Å²) in [4.78, 5) is 15.8. The Morgan fingerprint density at radius 2 is 1.68 bits per heavy atom. The molecule has 1 N–H and O–H groups in total. The standard InChI is InChI=1S/C28H24F2N2O4S/c1-18-16-21-4-2-3-5-25(21)31-26(18)32(37(35,36)24-14-8-20(9-15-24)27(33)34)17-19-6-10-22(11-7-19)28(29,30)23-12-13-23/h2-11,14-16,23H,12-13,17H2,1H3,(H,33,34). The van der Waals surface area contributed by atoms with Crippen LogP contribution in [0.25, 0.3) is 10.9 Å². The van der Waals surface area contributed by atoms with Gasteiger partial charge in [0.25, 0.3) is 15.9 Å². The number of benzene rings is 3. The summed E-state index contributed by atoms with van der Waals surface area (Å²) in [6.45, 7) is 1.61. The second-order valence-corrected chi connectivity index (χ2v) is 11.1. The summed E-state index contributed by atoms with van der Waals surface area (Å²) in [5.74, 6) is -4.52. The third-order valence-corrected chi connectivity index (χ3v) is 8.32. The van der Waals surface area contributed by atoms with Crippen LogP contribution in [0.15, 0.2) is 83.8 Å². The average molecular weight is 523 g/mol. The van der Waals surface area contributed by atoms with Gasteiger partial charge in [-0.2, -0.15) is 0 Å². The molecule has 0 radical (unpaired) electrons. The van der Waals surface area contributed by atoms with E-state index in [0.29, 0.717) is 29.5 Å². The van der Waals surface area contributed by atoms with Crippen LogP contribution in [0.3, 0.4) is 0 Å². The zero-order chi connectivity index (χ0) is 26.4. The Balaban J connectivity index is 1.57. The Labute approximate surface area is 213 Å². The van der Waals surface area contributed by atoms with Crippen molar-refractivity contribution in [2.75, 3.05) is 4.31 Å². The molecule has 0 spiro atoms. The maximum Gasteiger partial charge on any atom is 0.335 e. The molecule has 1 fully saturated rings. The van der Waals surface area contributed by atoms with Crippen LogP contribution < -0.4 is 4.31 Å². The highest BCUT2D eigenvalue weighted by atomic mass is 32.2. The Morgan fingerprint density at radius 3 is 2.30 bits per heavy atom. The maximum atomic E-state index is 14.5. The second-order valence-electron chi connectivity index (χ2n) is 9.26. The molecule has 5 rings (SSSR count). The zero-order valence-corrected chi connectivity index (χ0v) is 20.8. The van der Waals surface area contributed by atoms with Gasteiger partial charge < -0.3 is 5.11 Å². The van der Waals surface area contributed by atoms with Crippen molar-refractivity contribution in [2.24, 2.45) is 5.92 Å². The number of aromatic carboxylic acids is 1. The number of nitrogens with zero attached hydrogens (tertiary/aromatic N) is 2. The van der Waals surface area contributed by atoms with Gasteiger partial charge in [-0.25, -0.2) is 31.3 Å². The van der Waals surface area contributed by atoms with E-state index in [2.05, 4.69) is 4.98 Å². The fraction of sp³-hybridized carbons (Fsp3) is 0.214. The minimum atomic E-state index is -4.20. The molecule has 0 bridgehead atoms. The topological polar surface area (TPSA) is 87.6 Å². The number of pyridine rings is 1. The van der Waals surface area contributed by atoms with Crippen LogP contribution >= 0.6 is 0 Å². The van der Waals surface area contributed by atoms with Gasteiger partial charge >= 0.3 is 5.97 Å². The third kappa shape index (κ3) is 4.79. The molecule has 1 aliphatic rings. The van der Waals surface area contributed by atoms with Gasteiger partial charge in [0.1, 0.15) is 5.82 Å². The first kappa shape index (κ1) is 24.8. The molecule has 0 aliphatic heterocycles. The fourth-order valence-corrected chi connectivity index (χ4v) is 5.78. The van der Waals surface area contributed by atoms with Crippen LogP contribution in [0, 0.1) is 12.8 Å². The molecule has 0 unspecified atom stereocenters. The number of carbonyl (C=O) groups is 1. The van der Waals surface area contributed by atoms with E-state index >= 15 is 0 Å². The molecule has 1 heterocycles. The number of para-hydroxylation sites is 1. The van der Waals surface area contributed by atoms with E-state index in [-0.39, 0.29) is 28.4 Å². The first-order chi connectivity index (χ1) is 17.6. The summed E-state index contributed by atoms with van der Waals surface area (Å²) >= 11 is 0. The van der Waals surface area contributed by atoms with Gasteiger partial charge in [-0.1, -0.05) is 42.5 Å². The summed E-state index contributed by atoms with van der Waals surface area (Å²) in [7, 11) is -4.20. The molecule has 4 aromatic rings. The molecule has 6 nitrogen and oxygen atoms in total. The van der Waals surface area contributed by atoms with E-state index in [4.69, 9.17) is 0 Å². The van der Waals surface area contributed by atoms with Gasteiger partial charge in [0.15, 0.2) is 0 Å². The number of anilines is 1. The molecule has 0 amide bonds. The predicted molar refractivity (Wildman–Crippen MR) is 136 cm³/mol. The van der Waals surface area contributed by atoms with E-state index in [0.717, 1.165) is 9.69 Å². The van der Waals surface area contributed by atoms with Crippen molar-refractivity contribution in [3.8, 4) is 0 Å². The molecule has 3 aromatic carbocycles. The first-order valence-electron chi connectivity index (χ1n) is 11.8. The van der Waals surface area contributed by atoms with E-state index in [1.54, 1.807) is 19.1 Å². The van der Waals surface area contributed by atoms with Gasteiger partial charge in [0.2, 0.25) is 0 Å². The molecule has 0 atom stereocenters. The highest BCUT2D eigenvalue weighted by molar-refractivity contribution is 7.92. The summed E-state index contributed by atoms with van der Waals surface area (Å²) in [5.41, 5.74) is 1.59. The van der Waals surface area contributed by atoms with Crippen LogP contribution in [0.2, 0.25) is 0 Å². The van der Waals surface area contributed by atoms with Crippen molar-refractivity contribution >= 4 is 32.7 Å². The van der Waals surface area contributed by atoms with Crippen molar-refractivity contribution < 1.29 is 27.1 Å². The lowest BCUT2D eigenvalue weighted by atomic mass is 10.0. The smallest absolute Gasteiger partial charge is 0.335 e. The Kier molecular flexibility index (Phi) is 6.19. The Morgan fingerprint density at radius 1 is 1.03 bits per heavy atom. The molecule has 1 saturated carbocycles. The lowest BCUT2D eigenvalue weighted by Crippen LogP contribution is -2.32. The van der Waals surface area contributed by atoms with E-state index in [1.165, 1.54) is 48.5 Å². The number of carboxylic acids is 1. The molecule has 1 aromatic heterocycles. The number of rotatable bonds is 8. The summed E-state index contributed by atoms with van der Waals surface area (Å²) in [6, 6.07) is 19.8. The van der Waals surface area contributed by atoms with Crippen LogP contribution in [0.5, 0.6) is 0 Å². The van der Waals surface area contributed by atoms with Crippen molar-refractivity contribution in [1.29, 1.82) is 0 Å². The predicted octanol–water partition coefficient (Wildman–Crippen LogP) is 6.14. The summed E-state index contributed by atoms with van der Waals surface area (Å²) in [5, 5.41) is 10.0. The summed E-state index contributed by atoms with van der Waals surface area (Å²) < 4.78 is 57.9. The van der Waals surface area contributed by atoms with Gasteiger partial charge in [0, 0.05) is 16.9 Å². The van der Waals surface area contributed by atoms with E-state index < -0.39 is 27.8 Å². The molecular formula is C28H24F2N2O4S. The van der Waals surface area contributed by atoms with Crippen LogP contribution in [0.1, 0.15) is 39.9 Å². The molecule has 190 valence electrons. The largest absolute Gasteiger partial charge is 0.478 e. The van der Waals surface area contributed by atoms with Crippen LogP contribution in [0.4, 0.5) is 14.6 Å². The minimum Gasteiger partial charge on any atom is -0.478 e. The number of sulfonamides is 1. The normalized spacial score (nSPS) is 14.0. The molecular weight excluding hydrogens is 498 g/mol. The number of aromatic nitrogens is 1. The van der Waals surface area contributed by atoms with Crippen molar-refractivity contribution in [3.63, 3.8) is 0 Å². The second kappa shape index (κ2) is 9.23. The monoisotopic (exact) mass is 522 g/mol. The van der Waals surface area contributed by atoms with Gasteiger partial charge in [-0.15, -0.1) is 0 Å². The number of carboxylic acid groups (broad SMARTS) is 1. The number of fused-ring (bicyclic) bond motifs is 1. The highest BCUT2D eigenvalue weighted by Gasteiger charge is 2.47. The molecule has 0 saturated heterocycles. The van der Waals surface area contributed by atoms with Crippen molar-refractivity contribution in [3.05, 3.63) is 101 Å². The average Bonchev–Trinajstić information content (AvgIpc) is 3.74. The molecule has 1 aliphatic carbocycles. The summed E-state index contributed by atoms with van der Waals surface area (Å²) in [6.07, 6.45) is 0.989. The lowest BCUT2D eigenvalue weighted by molar-refractivity contribution is -0.0285. The zero-order valence-electron chi connectivity index (χ0n) is 19.9. The highest BCUT2D eigenvalue weighted by Crippen LogP contribution is 2.49. The first-order valence-corrected chi connectivity index (χ1v) is 13.2. The number of aryl methyl sites for hydroxylation is 1. The number of alkyl halides is 2. The Bertz CT molecular complexity index is 1580. The number of hydrogen-bond donors (Lipinski definition) is 1. The van der Waals surface area contributed by atoms with Crippen LogP contribution in [-0.4, -0.2) is 24.5 Å². The maximum absolute atomic E-state index is 14.5. The molecule has 37 heavy (non-hydrogen) atoms. The third-order valence-electron chi connectivity index (χ3n) is 6.57.